The molecule has 0 saturated heterocycles. The van der Waals surface area contributed by atoms with Crippen LogP contribution in [-0.2, 0) is 28.5 Å². The molecule has 0 heterocycles. The third-order valence-corrected chi connectivity index (χ3v) is 7.89. The Morgan fingerprint density at radius 3 is 2.22 bits per heavy atom. The Bertz CT molecular complexity index is 1340. The first-order valence-corrected chi connectivity index (χ1v) is 13.4. The number of thiocarbonyl (C=S) groups is 1. The molecule has 0 aliphatic rings. The van der Waals surface area contributed by atoms with Crippen LogP contribution >= 0.6 is 23.8 Å². The average molecular weight is 548 g/mol. The van der Waals surface area contributed by atoms with Gasteiger partial charge in [-0.1, -0.05) is 56.6 Å². The largest absolute Gasteiger partial charge is 0.504 e. The van der Waals surface area contributed by atoms with Crippen molar-refractivity contribution < 1.29 is 18.3 Å². The van der Waals surface area contributed by atoms with Crippen LogP contribution in [0.3, 0.4) is 0 Å². The first kappa shape index (κ1) is 27.7. The molecular weight excluding hydrogens is 518 g/mol. The number of hydrogen-bond donors (Lipinski definition) is 3. The van der Waals surface area contributed by atoms with Gasteiger partial charge >= 0.3 is 0 Å². The highest BCUT2D eigenvalue weighted by Crippen LogP contribution is 2.34. The summed E-state index contributed by atoms with van der Waals surface area (Å²) in [6, 6.07) is 16.9. The van der Waals surface area contributed by atoms with Crippen molar-refractivity contribution >= 4 is 44.6 Å². The van der Waals surface area contributed by atoms with E-state index in [0.717, 1.165) is 11.1 Å². The van der Waals surface area contributed by atoms with Crippen LogP contribution in [0.4, 0.5) is 5.69 Å². The van der Waals surface area contributed by atoms with Crippen molar-refractivity contribution in [2.45, 2.75) is 44.2 Å². The maximum Gasteiger partial charge on any atom is 0.243 e. The number of hydrogen-bond acceptors (Lipinski definition) is 5. The van der Waals surface area contributed by atoms with Gasteiger partial charge in [-0.05, 0) is 64.7 Å². The van der Waals surface area contributed by atoms with Crippen LogP contribution in [0.15, 0.2) is 65.6 Å². The fraction of sp³-hybridized carbons (Fsp3) is 0.269. The maximum atomic E-state index is 13.8. The highest BCUT2D eigenvalue weighted by Gasteiger charge is 2.27. The minimum Gasteiger partial charge on any atom is -0.504 e. The molecule has 3 aromatic rings. The van der Waals surface area contributed by atoms with Gasteiger partial charge in [-0.15, -0.1) is 0 Å². The molecule has 7 nitrogen and oxygen atoms in total. The summed E-state index contributed by atoms with van der Waals surface area (Å²) in [7, 11) is -2.53. The third kappa shape index (κ3) is 6.67. The van der Waals surface area contributed by atoms with E-state index in [1.54, 1.807) is 12.1 Å². The fourth-order valence-corrected chi connectivity index (χ4v) is 5.34. The predicted molar refractivity (Wildman–Crippen MR) is 148 cm³/mol. The monoisotopic (exact) mass is 547 g/mol. The zero-order valence-electron chi connectivity index (χ0n) is 20.6. The van der Waals surface area contributed by atoms with Crippen molar-refractivity contribution in [3.8, 4) is 11.5 Å². The van der Waals surface area contributed by atoms with Crippen molar-refractivity contribution in [1.82, 2.24) is 4.31 Å². The molecule has 0 atom stereocenters. The Morgan fingerprint density at radius 2 is 1.69 bits per heavy atom. The lowest BCUT2D eigenvalue weighted by molar-refractivity contribution is 0.369. The summed E-state index contributed by atoms with van der Waals surface area (Å²) in [5.41, 5.74) is 8.52. The van der Waals surface area contributed by atoms with Gasteiger partial charge in [0.1, 0.15) is 0 Å². The molecule has 10 heteroatoms. The van der Waals surface area contributed by atoms with Crippen molar-refractivity contribution in [2.24, 2.45) is 5.73 Å². The Hall–Kier alpha value is -2.85. The van der Waals surface area contributed by atoms with Gasteiger partial charge in [-0.25, -0.2) is 8.42 Å². The average Bonchev–Trinajstić information content (AvgIpc) is 2.80. The van der Waals surface area contributed by atoms with Crippen molar-refractivity contribution in [3.05, 3.63) is 82.4 Å². The number of methoxy groups -OCH3 is 1. The predicted octanol–water partition coefficient (Wildman–Crippen LogP) is 5.40. The van der Waals surface area contributed by atoms with Gasteiger partial charge in [0.05, 0.1) is 12.0 Å². The normalized spacial score (nSPS) is 11.9. The molecule has 0 spiro atoms. The highest BCUT2D eigenvalue weighted by atomic mass is 35.5. The molecule has 0 aliphatic carbocycles. The summed E-state index contributed by atoms with van der Waals surface area (Å²) < 4.78 is 34.1. The molecule has 0 unspecified atom stereocenters. The van der Waals surface area contributed by atoms with E-state index in [-0.39, 0.29) is 45.0 Å². The number of nitrogens with two attached hydrogens (primary N) is 1. The van der Waals surface area contributed by atoms with E-state index >= 15 is 0 Å². The van der Waals surface area contributed by atoms with Crippen LogP contribution in [0, 0.1) is 0 Å². The number of rotatable bonds is 8. The maximum absolute atomic E-state index is 13.8. The van der Waals surface area contributed by atoms with Crippen LogP contribution in [0.1, 0.15) is 37.5 Å². The minimum absolute atomic E-state index is 0.0258. The van der Waals surface area contributed by atoms with Crippen LogP contribution in [-0.4, -0.2) is 30.1 Å². The lowest BCUT2D eigenvalue weighted by Crippen LogP contribution is -2.30. The summed E-state index contributed by atoms with van der Waals surface area (Å²) in [4.78, 5) is 0.101. The molecule has 0 amide bonds. The van der Waals surface area contributed by atoms with Gasteiger partial charge < -0.3 is 20.9 Å². The zero-order chi connectivity index (χ0) is 26.7. The first-order valence-electron chi connectivity index (χ1n) is 11.1. The molecule has 0 aromatic heterocycles. The molecule has 0 saturated carbocycles. The van der Waals surface area contributed by atoms with E-state index in [4.69, 9.17) is 34.3 Å². The summed E-state index contributed by atoms with van der Waals surface area (Å²) in [5, 5.41) is 13.1. The summed E-state index contributed by atoms with van der Waals surface area (Å²) >= 11 is 11.2. The SMILES string of the molecule is COc1cc(CN(Cc2ccc(C(C)(C)C)cc2)S(=O)(=O)c2ccc(NC(N)=S)cc2)c(Cl)cc1O. The number of phenolic OH excluding ortho intramolecular Hbond substituents is 1. The number of anilines is 1. The molecule has 3 rings (SSSR count). The van der Waals surface area contributed by atoms with Crippen molar-refractivity contribution in [3.63, 3.8) is 0 Å². The van der Waals surface area contributed by atoms with E-state index in [1.165, 1.54) is 35.7 Å². The van der Waals surface area contributed by atoms with E-state index < -0.39 is 10.0 Å². The van der Waals surface area contributed by atoms with E-state index in [9.17, 15) is 13.5 Å². The number of nitrogens with zero attached hydrogens (tertiary/aromatic N) is 1. The number of ether oxygens (including phenoxy) is 1. The lowest BCUT2D eigenvalue weighted by Gasteiger charge is -2.24. The van der Waals surface area contributed by atoms with Gasteiger partial charge in [0.25, 0.3) is 0 Å². The summed E-state index contributed by atoms with van der Waals surface area (Å²) in [6.07, 6.45) is 0. The molecule has 0 fully saturated rings. The molecule has 0 aliphatic heterocycles. The molecule has 192 valence electrons. The smallest absolute Gasteiger partial charge is 0.243 e. The van der Waals surface area contributed by atoms with Gasteiger partial charge in [0.15, 0.2) is 16.6 Å². The lowest BCUT2D eigenvalue weighted by atomic mass is 9.87. The number of nitrogens with one attached hydrogen (secondary N) is 1. The Labute approximate surface area is 222 Å². The van der Waals surface area contributed by atoms with E-state index in [1.807, 2.05) is 24.3 Å². The van der Waals surface area contributed by atoms with Crippen LogP contribution < -0.4 is 15.8 Å². The molecule has 0 radical (unpaired) electrons. The molecule has 36 heavy (non-hydrogen) atoms. The van der Waals surface area contributed by atoms with Gasteiger partial charge in [0, 0.05) is 29.9 Å². The fourth-order valence-electron chi connectivity index (χ4n) is 3.60. The third-order valence-electron chi connectivity index (χ3n) is 5.63. The number of benzene rings is 3. The van der Waals surface area contributed by atoms with E-state index in [2.05, 4.69) is 26.1 Å². The summed E-state index contributed by atoms with van der Waals surface area (Å²) in [6.45, 7) is 6.43. The second-order valence-corrected chi connectivity index (χ2v) is 12.1. The quantitative estimate of drug-likeness (QED) is 0.324. The number of halogens is 1. The Morgan fingerprint density at radius 1 is 1.08 bits per heavy atom. The molecule has 3 aromatic carbocycles. The van der Waals surface area contributed by atoms with Crippen LogP contribution in [0.5, 0.6) is 11.5 Å². The Balaban J connectivity index is 2.01. The Kier molecular flexibility index (Phi) is 8.51. The van der Waals surface area contributed by atoms with Gasteiger partial charge in [0.2, 0.25) is 10.0 Å². The number of phenols is 1. The van der Waals surface area contributed by atoms with Crippen LogP contribution in [0.25, 0.3) is 0 Å². The first-order chi connectivity index (χ1) is 16.8. The standard InChI is InChI=1S/C26H30ClN3O4S2/c1-26(2,3)19-7-5-17(6-8-19)15-30(16-18-13-24(34-4)23(31)14-22(18)27)36(32,33)21-11-9-20(10-12-21)29-25(28)35/h5-14,31H,15-16H2,1-4H3,(H3,28,29,35). The van der Waals surface area contributed by atoms with E-state index in [0.29, 0.717) is 11.3 Å². The summed E-state index contributed by atoms with van der Waals surface area (Å²) in [5.74, 6) is 0.0776. The zero-order valence-corrected chi connectivity index (χ0v) is 23.0. The topological polar surface area (TPSA) is 105 Å². The molecular formula is C26H30ClN3O4S2. The molecule has 4 N–H and O–H groups in total. The number of aromatic hydroxyl groups is 1. The second-order valence-electron chi connectivity index (χ2n) is 9.35. The second kappa shape index (κ2) is 11.0. The minimum atomic E-state index is -3.95. The van der Waals surface area contributed by atoms with Crippen LogP contribution in [0.2, 0.25) is 5.02 Å². The molecule has 0 bridgehead atoms. The van der Waals surface area contributed by atoms with Crippen molar-refractivity contribution in [1.29, 1.82) is 0 Å². The number of sulfonamides is 1. The van der Waals surface area contributed by atoms with Crippen molar-refractivity contribution in [2.75, 3.05) is 12.4 Å². The van der Waals surface area contributed by atoms with Gasteiger partial charge in [-0.2, -0.15) is 4.31 Å². The van der Waals surface area contributed by atoms with Gasteiger partial charge in [-0.3, -0.25) is 0 Å². The highest BCUT2D eigenvalue weighted by molar-refractivity contribution is 7.89.